The van der Waals surface area contributed by atoms with Crippen molar-refractivity contribution >= 4 is 17.8 Å². The molecule has 2 aliphatic rings. The van der Waals surface area contributed by atoms with Crippen molar-refractivity contribution < 1.29 is 19.5 Å². The van der Waals surface area contributed by atoms with Gasteiger partial charge < -0.3 is 15.3 Å². The highest BCUT2D eigenvalue weighted by molar-refractivity contribution is 5.91. The molecular formula is C21H20N2O4. The minimum atomic E-state index is -1.10. The van der Waals surface area contributed by atoms with Crippen molar-refractivity contribution in [3.05, 3.63) is 59.7 Å². The molecule has 0 aromatic heterocycles. The van der Waals surface area contributed by atoms with Gasteiger partial charge in [-0.25, -0.2) is 0 Å². The van der Waals surface area contributed by atoms with E-state index in [2.05, 4.69) is 23.5 Å². The van der Waals surface area contributed by atoms with Crippen LogP contribution < -0.4 is 5.32 Å². The Balaban J connectivity index is 1.69. The van der Waals surface area contributed by atoms with Gasteiger partial charge in [0.2, 0.25) is 11.8 Å². The molecule has 0 spiro atoms. The zero-order valence-corrected chi connectivity index (χ0v) is 14.7. The highest BCUT2D eigenvalue weighted by atomic mass is 16.4. The molecule has 2 heterocycles. The van der Waals surface area contributed by atoms with Crippen molar-refractivity contribution in [2.24, 2.45) is 0 Å². The van der Waals surface area contributed by atoms with Gasteiger partial charge in [0, 0.05) is 12.8 Å². The maximum Gasteiger partial charge on any atom is 0.322 e. The van der Waals surface area contributed by atoms with Gasteiger partial charge in [0.25, 0.3) is 0 Å². The van der Waals surface area contributed by atoms with Gasteiger partial charge in [-0.15, -0.1) is 0 Å². The SMILES string of the molecule is O=C(O)CNC(=O)[C@@H]1Cc2cc(-c3ccccc3)ccc2[C@H]2CCC(=O)N21. The first kappa shape index (κ1) is 17.3. The Bertz CT molecular complexity index is 910. The van der Waals surface area contributed by atoms with E-state index in [1.54, 1.807) is 4.90 Å². The van der Waals surface area contributed by atoms with E-state index in [0.717, 1.165) is 22.3 Å². The molecule has 0 unspecified atom stereocenters. The van der Waals surface area contributed by atoms with E-state index in [-0.39, 0.29) is 11.9 Å². The number of rotatable bonds is 4. The van der Waals surface area contributed by atoms with Crippen molar-refractivity contribution in [1.82, 2.24) is 10.2 Å². The maximum absolute atomic E-state index is 12.6. The van der Waals surface area contributed by atoms with Crippen molar-refractivity contribution in [3.8, 4) is 11.1 Å². The fraction of sp³-hybridized carbons (Fsp3) is 0.286. The van der Waals surface area contributed by atoms with E-state index in [1.165, 1.54) is 0 Å². The third kappa shape index (κ3) is 3.18. The first-order valence-electron chi connectivity index (χ1n) is 9.03. The first-order valence-corrected chi connectivity index (χ1v) is 9.03. The van der Waals surface area contributed by atoms with Crippen LogP contribution in [0.4, 0.5) is 0 Å². The van der Waals surface area contributed by atoms with Crippen LogP contribution in [-0.2, 0) is 20.8 Å². The third-order valence-corrected chi connectivity index (χ3v) is 5.33. The van der Waals surface area contributed by atoms with Crippen LogP contribution in [0.3, 0.4) is 0 Å². The van der Waals surface area contributed by atoms with E-state index in [4.69, 9.17) is 5.11 Å². The molecule has 2 atom stereocenters. The van der Waals surface area contributed by atoms with Crippen LogP contribution in [0.1, 0.15) is 30.0 Å². The highest BCUT2D eigenvalue weighted by Crippen LogP contribution is 2.42. The van der Waals surface area contributed by atoms with Crippen molar-refractivity contribution in [1.29, 1.82) is 0 Å². The van der Waals surface area contributed by atoms with Gasteiger partial charge in [-0.05, 0) is 28.7 Å². The van der Waals surface area contributed by atoms with Gasteiger partial charge in [0.15, 0.2) is 0 Å². The van der Waals surface area contributed by atoms with Gasteiger partial charge in [-0.3, -0.25) is 14.4 Å². The van der Waals surface area contributed by atoms with E-state index >= 15 is 0 Å². The van der Waals surface area contributed by atoms with Gasteiger partial charge in [-0.1, -0.05) is 48.5 Å². The zero-order chi connectivity index (χ0) is 19.0. The van der Waals surface area contributed by atoms with Crippen LogP contribution in [0.15, 0.2) is 48.5 Å². The van der Waals surface area contributed by atoms with Crippen LogP contribution in [-0.4, -0.2) is 40.4 Å². The number of nitrogens with zero attached hydrogens (tertiary/aromatic N) is 1. The molecule has 2 aromatic rings. The van der Waals surface area contributed by atoms with Gasteiger partial charge in [0.1, 0.15) is 12.6 Å². The average molecular weight is 364 g/mol. The minimum absolute atomic E-state index is 0.0479. The number of carbonyl (C=O) groups excluding carboxylic acids is 2. The van der Waals surface area contributed by atoms with Crippen LogP contribution in [0.5, 0.6) is 0 Å². The second-order valence-corrected chi connectivity index (χ2v) is 6.97. The predicted molar refractivity (Wildman–Crippen MR) is 98.8 cm³/mol. The van der Waals surface area contributed by atoms with Crippen LogP contribution in [0.25, 0.3) is 11.1 Å². The van der Waals surface area contributed by atoms with E-state index in [9.17, 15) is 14.4 Å². The lowest BCUT2D eigenvalue weighted by Gasteiger charge is -2.38. The Morgan fingerprint density at radius 1 is 1.11 bits per heavy atom. The summed E-state index contributed by atoms with van der Waals surface area (Å²) in [5, 5.41) is 11.3. The Morgan fingerprint density at radius 3 is 2.63 bits per heavy atom. The second kappa shape index (κ2) is 6.87. The topological polar surface area (TPSA) is 86.7 Å². The Hall–Kier alpha value is -3.15. The predicted octanol–water partition coefficient (Wildman–Crippen LogP) is 2.14. The smallest absolute Gasteiger partial charge is 0.322 e. The number of amides is 2. The minimum Gasteiger partial charge on any atom is -0.480 e. The molecule has 138 valence electrons. The van der Waals surface area contributed by atoms with Crippen molar-refractivity contribution in [2.75, 3.05) is 6.54 Å². The molecule has 4 rings (SSSR count). The zero-order valence-electron chi connectivity index (χ0n) is 14.7. The maximum atomic E-state index is 12.6. The fourth-order valence-electron chi connectivity index (χ4n) is 4.12. The molecule has 27 heavy (non-hydrogen) atoms. The number of fused-ring (bicyclic) bond motifs is 3. The van der Waals surface area contributed by atoms with Crippen LogP contribution in [0.2, 0.25) is 0 Å². The number of benzene rings is 2. The van der Waals surface area contributed by atoms with E-state index in [0.29, 0.717) is 19.3 Å². The number of carboxylic acid groups (broad SMARTS) is 1. The van der Waals surface area contributed by atoms with E-state index in [1.807, 2.05) is 30.3 Å². The Kier molecular flexibility index (Phi) is 4.39. The molecule has 2 aliphatic heterocycles. The summed E-state index contributed by atoms with van der Waals surface area (Å²) in [6, 6.07) is 15.4. The summed E-state index contributed by atoms with van der Waals surface area (Å²) in [6.45, 7) is -0.445. The van der Waals surface area contributed by atoms with Crippen LogP contribution in [0, 0.1) is 0 Å². The highest BCUT2D eigenvalue weighted by Gasteiger charge is 2.44. The first-order chi connectivity index (χ1) is 13.0. The molecule has 2 aromatic carbocycles. The quantitative estimate of drug-likeness (QED) is 0.870. The molecule has 1 fully saturated rings. The largest absolute Gasteiger partial charge is 0.480 e. The normalized spacial score (nSPS) is 20.7. The molecule has 6 nitrogen and oxygen atoms in total. The number of hydrogen-bond donors (Lipinski definition) is 2. The van der Waals surface area contributed by atoms with E-state index < -0.39 is 24.5 Å². The molecular weight excluding hydrogens is 344 g/mol. The lowest BCUT2D eigenvalue weighted by Crippen LogP contribution is -2.52. The molecule has 2 N–H and O–H groups in total. The Morgan fingerprint density at radius 2 is 1.89 bits per heavy atom. The number of hydrogen-bond acceptors (Lipinski definition) is 3. The summed E-state index contributed by atoms with van der Waals surface area (Å²) >= 11 is 0. The summed E-state index contributed by atoms with van der Waals surface area (Å²) in [5.41, 5.74) is 4.29. The molecule has 0 saturated carbocycles. The third-order valence-electron chi connectivity index (χ3n) is 5.33. The van der Waals surface area contributed by atoms with Gasteiger partial charge >= 0.3 is 5.97 Å². The van der Waals surface area contributed by atoms with Crippen LogP contribution >= 0.6 is 0 Å². The lowest BCUT2D eigenvalue weighted by molar-refractivity contribution is -0.142. The molecule has 0 radical (unpaired) electrons. The number of aliphatic carboxylic acids is 1. The standard InChI is InChI=1S/C21H20N2O4/c24-19-9-8-17-16-7-6-14(13-4-2-1-3-5-13)10-15(16)11-18(23(17)19)21(27)22-12-20(25)26/h1-7,10,17-18H,8-9,11-12H2,(H,22,27)(H,25,26)/t17-,18+/m1/s1. The van der Waals surface area contributed by atoms with Gasteiger partial charge in [0.05, 0.1) is 6.04 Å². The second-order valence-electron chi connectivity index (χ2n) is 6.97. The van der Waals surface area contributed by atoms with Gasteiger partial charge in [-0.2, -0.15) is 0 Å². The summed E-state index contributed by atoms with van der Waals surface area (Å²) < 4.78 is 0. The lowest BCUT2D eigenvalue weighted by atomic mass is 9.86. The summed E-state index contributed by atoms with van der Waals surface area (Å²) in [6.07, 6.45) is 1.48. The number of carboxylic acids is 1. The van der Waals surface area contributed by atoms with Crippen molar-refractivity contribution in [3.63, 3.8) is 0 Å². The molecule has 6 heteroatoms. The molecule has 2 amide bonds. The summed E-state index contributed by atoms with van der Waals surface area (Å²) in [4.78, 5) is 37.4. The molecule has 0 bridgehead atoms. The summed E-state index contributed by atoms with van der Waals surface area (Å²) in [5.74, 6) is -1.56. The Labute approximate surface area is 156 Å². The summed E-state index contributed by atoms with van der Waals surface area (Å²) in [7, 11) is 0. The fourth-order valence-corrected chi connectivity index (χ4v) is 4.12. The number of nitrogens with one attached hydrogen (secondary N) is 1. The molecule has 0 aliphatic carbocycles. The average Bonchev–Trinajstić information content (AvgIpc) is 3.07. The number of carbonyl (C=O) groups is 3. The van der Waals surface area contributed by atoms with Crippen molar-refractivity contribution in [2.45, 2.75) is 31.3 Å². The molecule has 1 saturated heterocycles. The monoisotopic (exact) mass is 364 g/mol.